The van der Waals surface area contributed by atoms with Crippen LogP contribution in [0.3, 0.4) is 0 Å². The van der Waals surface area contributed by atoms with E-state index < -0.39 is 0 Å². The summed E-state index contributed by atoms with van der Waals surface area (Å²) in [6, 6.07) is 177. The normalized spacial score (nSPS) is 12.4. The Bertz CT molecular complexity index is 12000. The number of furan rings is 3. The van der Waals surface area contributed by atoms with Crippen molar-refractivity contribution in [2.75, 3.05) is 0 Å². The van der Waals surface area contributed by atoms with Gasteiger partial charge in [-0.2, -0.15) is 0 Å². The monoisotopic (exact) mass is 1890 g/mol. The van der Waals surface area contributed by atoms with E-state index in [1.807, 2.05) is 18.2 Å². The Hall–Kier alpha value is -20.0. The number of benzene rings is 24. The van der Waals surface area contributed by atoms with Crippen molar-refractivity contribution >= 4 is 267 Å². The molecule has 0 aliphatic rings. The lowest BCUT2D eigenvalue weighted by Crippen LogP contribution is -1.97. The molecule has 0 fully saturated rings. The maximum Gasteiger partial charge on any atom is 0.136 e. The first-order valence-electron chi connectivity index (χ1n) is 51.3. The van der Waals surface area contributed by atoms with Crippen molar-refractivity contribution in [2.24, 2.45) is 0 Å². The van der Waals surface area contributed by atoms with Gasteiger partial charge in [-0.15, -0.1) is 0 Å². The van der Waals surface area contributed by atoms with Gasteiger partial charge < -0.3 is 40.2 Å². The Labute approximate surface area is 848 Å². The van der Waals surface area contributed by atoms with Crippen molar-refractivity contribution in [2.45, 2.75) is 0 Å². The van der Waals surface area contributed by atoms with Crippen molar-refractivity contribution in [3.8, 4) is 61.6 Å². The van der Waals surface area contributed by atoms with Crippen LogP contribution in [-0.4, -0.2) is 26.9 Å². The van der Waals surface area contributed by atoms with Crippen LogP contribution in [0.2, 0.25) is 0 Å². The Balaban J connectivity index is 0.0000000953. The molecule has 12 heterocycles. The highest BCUT2D eigenvalue weighted by molar-refractivity contribution is 6.39. The van der Waals surface area contributed by atoms with E-state index in [-0.39, 0.29) is 0 Å². The van der Waals surface area contributed by atoms with Crippen LogP contribution in [0.4, 0.5) is 0 Å². The molecule has 0 saturated carbocycles. The van der Waals surface area contributed by atoms with Crippen LogP contribution in [0.15, 0.2) is 499 Å². The summed E-state index contributed by atoms with van der Waals surface area (Å²) in [5.74, 6) is 0. The molecular weight excluding hydrogens is 1810 g/mol. The summed E-state index contributed by atoms with van der Waals surface area (Å²) in [6.45, 7) is 0. The molecule has 0 aliphatic carbocycles. The van der Waals surface area contributed by atoms with E-state index in [0.717, 1.165) is 88.4 Å². The quantitative estimate of drug-likeness (QED) is 0.160. The third kappa shape index (κ3) is 11.0. The Morgan fingerprint density at radius 3 is 0.946 bits per heavy atom. The number of fused-ring (bicyclic) bond motifs is 31. The van der Waals surface area contributed by atoms with Crippen molar-refractivity contribution < 1.29 is 13.3 Å². The molecule has 24 aromatic carbocycles. The molecule has 149 heavy (non-hydrogen) atoms. The molecular formula is C140H80N6O3. The predicted octanol–water partition coefficient (Wildman–Crippen LogP) is 38.5. The lowest BCUT2D eigenvalue weighted by Gasteiger charge is -2.14. The van der Waals surface area contributed by atoms with Gasteiger partial charge in [-0.1, -0.05) is 346 Å². The Kier molecular flexibility index (Phi) is 16.4. The van der Waals surface area contributed by atoms with Gasteiger partial charge in [0.1, 0.15) is 33.5 Å². The van der Waals surface area contributed by atoms with Gasteiger partial charge in [-0.3, -0.25) is 0 Å². The van der Waals surface area contributed by atoms with Crippen molar-refractivity contribution in [1.29, 1.82) is 0 Å². The zero-order valence-corrected chi connectivity index (χ0v) is 80.1. The Morgan fingerprint density at radius 2 is 0.443 bits per heavy atom. The number of aromatic nitrogens is 6. The number of para-hydroxylation sites is 7. The second kappa shape index (κ2) is 30.3. The summed E-state index contributed by atoms with van der Waals surface area (Å²) in [5, 5.41) is 35.0. The highest BCUT2D eigenvalue weighted by atomic mass is 16.3. The first-order valence-corrected chi connectivity index (χ1v) is 51.3. The third-order valence-electron chi connectivity index (χ3n) is 32.7. The van der Waals surface area contributed by atoms with Crippen LogP contribution in [-0.2, 0) is 0 Å². The van der Waals surface area contributed by atoms with Gasteiger partial charge in [0.25, 0.3) is 0 Å². The molecule has 0 atom stereocenters. The van der Waals surface area contributed by atoms with E-state index in [2.05, 4.69) is 494 Å². The first kappa shape index (κ1) is 80.5. The molecule has 0 amide bonds. The number of hydrogen-bond donors (Lipinski definition) is 0. The SMILES string of the molecule is c1cc(-c2cccc3oc4ccccc4c23)cc(-n2c3cccc4c5ccccc5n5c6c7ccccc7ccc6c6ccc2c(c43)c65)c1.c1cc(-c2cccc3oc4ccccc4c23)cc(-n2c3cccc4c5ccccc5n5c6ccc7ccccc7c6c6ccc2c(c43)c65)c1.c1ccc(-c2cc3c4ccccc4n4c5ccccc5c5cccc6c5c(c2n6-c2cccc(-c5cccc6oc7ccccc7c56)c2)c34)cc1. The van der Waals surface area contributed by atoms with Gasteiger partial charge >= 0.3 is 0 Å². The smallest absolute Gasteiger partial charge is 0.136 e. The molecule has 0 bridgehead atoms. The molecule has 9 heteroatoms. The average Bonchev–Trinajstić information content (AvgIpc) is 1.52. The summed E-state index contributed by atoms with van der Waals surface area (Å²) < 4.78 is 33.9. The third-order valence-corrected chi connectivity index (χ3v) is 32.7. The van der Waals surface area contributed by atoms with Crippen molar-refractivity contribution in [1.82, 2.24) is 26.9 Å². The highest BCUT2D eigenvalue weighted by Gasteiger charge is 2.32. The topological polar surface area (TPSA) is 67.4 Å². The summed E-state index contributed by atoms with van der Waals surface area (Å²) >= 11 is 0. The zero-order valence-electron chi connectivity index (χ0n) is 80.1. The van der Waals surface area contributed by atoms with E-state index in [0.29, 0.717) is 0 Å². The fourth-order valence-electron chi connectivity index (χ4n) is 26.8. The van der Waals surface area contributed by atoms with Crippen molar-refractivity contribution in [3.63, 3.8) is 0 Å². The molecule has 9 nitrogen and oxygen atoms in total. The van der Waals surface area contributed by atoms with E-state index in [4.69, 9.17) is 13.3 Å². The van der Waals surface area contributed by atoms with Gasteiger partial charge in [-0.25, -0.2) is 0 Å². The van der Waals surface area contributed by atoms with E-state index >= 15 is 0 Å². The van der Waals surface area contributed by atoms with Gasteiger partial charge in [0.2, 0.25) is 0 Å². The summed E-state index contributed by atoms with van der Waals surface area (Å²) in [5.41, 5.74) is 36.8. The minimum absolute atomic E-state index is 0.906. The Morgan fingerprint density at radius 1 is 0.128 bits per heavy atom. The molecule has 36 aromatic rings. The van der Waals surface area contributed by atoms with Crippen LogP contribution in [0.25, 0.3) is 329 Å². The fourth-order valence-corrected chi connectivity index (χ4v) is 26.8. The second-order valence-corrected chi connectivity index (χ2v) is 40.1. The van der Waals surface area contributed by atoms with Crippen molar-refractivity contribution in [3.05, 3.63) is 485 Å². The predicted molar refractivity (Wildman–Crippen MR) is 625 cm³/mol. The van der Waals surface area contributed by atoms with Gasteiger partial charge in [0, 0.05) is 141 Å². The molecule has 12 aromatic heterocycles. The van der Waals surface area contributed by atoms with Crippen LogP contribution < -0.4 is 0 Å². The molecule has 0 radical (unpaired) electrons. The van der Waals surface area contributed by atoms with Crippen LogP contribution in [0.1, 0.15) is 0 Å². The number of nitrogens with zero attached hydrogens (tertiary/aromatic N) is 6. The summed E-state index contributed by atoms with van der Waals surface area (Å²) in [4.78, 5) is 0. The van der Waals surface area contributed by atoms with Crippen LogP contribution in [0.5, 0.6) is 0 Å². The summed E-state index contributed by atoms with van der Waals surface area (Å²) in [6.07, 6.45) is 0. The molecule has 688 valence electrons. The number of hydrogen-bond acceptors (Lipinski definition) is 3. The van der Waals surface area contributed by atoms with Gasteiger partial charge in [0.15, 0.2) is 0 Å². The first-order chi connectivity index (χ1) is 74.0. The lowest BCUT2D eigenvalue weighted by molar-refractivity contribution is 0.668. The van der Waals surface area contributed by atoms with Gasteiger partial charge in [-0.05, 0) is 211 Å². The minimum Gasteiger partial charge on any atom is -0.456 e. The maximum absolute atomic E-state index is 6.31. The van der Waals surface area contributed by atoms with E-state index in [9.17, 15) is 0 Å². The van der Waals surface area contributed by atoms with Crippen LogP contribution >= 0.6 is 0 Å². The molecule has 0 unspecified atom stereocenters. The number of rotatable bonds is 7. The van der Waals surface area contributed by atoms with E-state index in [1.54, 1.807) is 0 Å². The highest BCUT2D eigenvalue weighted by Crippen LogP contribution is 2.55. The lowest BCUT2D eigenvalue weighted by atomic mass is 9.97. The molecule has 0 spiro atoms. The maximum atomic E-state index is 6.31. The second-order valence-electron chi connectivity index (χ2n) is 40.1. The standard InChI is InChI=1S/C48H28N2O.2C46H26N2O/c1-2-13-29(14-3-1)37-28-38-34-18-5-8-23-40(34)50-39-22-7-4-17-33(39)35-21-11-24-41-45(35)46(48(38)50)47(37)49(41)31-16-10-15-30(27-31)32-20-12-26-43-44(32)36-19-6-9-25-42(36)51-43;1-2-13-30-27(10-1)22-24-38-42(30)35-23-25-39-45-44-33(32-14-3-5-18-36(32)48(38)46(35)45)17-8-19-37(44)47(39)29-12-7-11-28(26-29)31-16-9-21-41-43(31)34-15-4-6-20-40(34)49-41;1-2-13-31-27(10-1)22-23-34-35-24-25-39-44-43-33(32-14-3-5-18-37(32)48(45(31)34)46(35)44)17-8-19-38(43)47(39)29-12-7-11-28(26-29)30-16-9-21-41-42(30)36-15-4-6-20-40(36)49-41/h1-28H;2*1-26H. The van der Waals surface area contributed by atoms with E-state index in [1.165, 1.54) is 240 Å². The molecule has 36 rings (SSSR count). The van der Waals surface area contributed by atoms with Gasteiger partial charge in [0.05, 0.1) is 82.8 Å². The largest absolute Gasteiger partial charge is 0.456 e. The minimum atomic E-state index is 0.906. The zero-order chi connectivity index (χ0) is 96.8. The molecule has 0 aliphatic heterocycles. The van der Waals surface area contributed by atoms with Crippen LogP contribution in [0, 0.1) is 0 Å². The average molecular weight is 1890 g/mol. The molecule has 0 N–H and O–H groups in total. The molecule has 0 saturated heterocycles. The fraction of sp³-hybridized carbons (Fsp3) is 0. The summed E-state index contributed by atoms with van der Waals surface area (Å²) in [7, 11) is 0.